The molecular weight excluding hydrogens is 396 g/mol. The Hall–Kier alpha value is -3.33. The molecule has 166 valence electrons. The van der Waals surface area contributed by atoms with Crippen molar-refractivity contribution < 1.29 is 13.9 Å². The van der Waals surface area contributed by atoms with Crippen LogP contribution in [0.2, 0.25) is 0 Å². The minimum atomic E-state index is 0.138. The summed E-state index contributed by atoms with van der Waals surface area (Å²) in [7, 11) is 1.90. The van der Waals surface area contributed by atoms with E-state index in [9.17, 15) is 0 Å². The van der Waals surface area contributed by atoms with E-state index in [1.54, 1.807) is 12.6 Å². The highest BCUT2D eigenvalue weighted by Crippen LogP contribution is 2.17. The maximum Gasteiger partial charge on any atom is 0.196 e. The zero-order valence-electron chi connectivity index (χ0n) is 18.2. The van der Waals surface area contributed by atoms with Crippen molar-refractivity contribution in [2.45, 2.75) is 39.5 Å². The third-order valence-electron chi connectivity index (χ3n) is 4.25. The van der Waals surface area contributed by atoms with Crippen LogP contribution in [0.1, 0.15) is 31.9 Å². The monoisotopic (exact) mass is 426 g/mol. The van der Waals surface area contributed by atoms with Gasteiger partial charge in [-0.1, -0.05) is 0 Å². The molecule has 2 aromatic heterocycles. The Balaban J connectivity index is 1.52. The zero-order valence-corrected chi connectivity index (χ0v) is 18.2. The molecule has 0 aliphatic carbocycles. The molecule has 0 saturated heterocycles. The molecular formula is C22H30N6O3. The Kier molecular flexibility index (Phi) is 8.48. The van der Waals surface area contributed by atoms with Crippen molar-refractivity contribution in [1.29, 1.82) is 0 Å². The van der Waals surface area contributed by atoms with Crippen LogP contribution in [-0.4, -0.2) is 40.0 Å². The third-order valence-corrected chi connectivity index (χ3v) is 4.25. The van der Waals surface area contributed by atoms with Crippen molar-refractivity contribution in [1.82, 2.24) is 20.1 Å². The highest BCUT2D eigenvalue weighted by Gasteiger charge is 2.05. The summed E-state index contributed by atoms with van der Waals surface area (Å²) in [5.41, 5.74) is 0.911. The van der Waals surface area contributed by atoms with Gasteiger partial charge in [0.1, 0.15) is 31.0 Å². The lowest BCUT2D eigenvalue weighted by Crippen LogP contribution is -2.32. The maximum absolute atomic E-state index is 5.70. The van der Waals surface area contributed by atoms with E-state index in [0.717, 1.165) is 29.4 Å². The molecule has 1 aromatic carbocycles. The Labute approximate surface area is 182 Å². The summed E-state index contributed by atoms with van der Waals surface area (Å²) in [6.45, 7) is 6.22. The summed E-state index contributed by atoms with van der Waals surface area (Å²) in [6, 6.07) is 11.5. The van der Waals surface area contributed by atoms with E-state index in [1.165, 1.54) is 0 Å². The van der Waals surface area contributed by atoms with Gasteiger partial charge in [-0.05, 0) is 56.7 Å². The number of aliphatic imine (C=N–C) groups is 1. The van der Waals surface area contributed by atoms with Gasteiger partial charge in [0, 0.05) is 25.9 Å². The number of nitrogens with zero attached hydrogens (tertiary/aromatic N) is 4. The first kappa shape index (κ1) is 22.4. The van der Waals surface area contributed by atoms with E-state index in [4.69, 9.17) is 13.9 Å². The van der Waals surface area contributed by atoms with Gasteiger partial charge in [0.15, 0.2) is 11.8 Å². The zero-order chi connectivity index (χ0) is 21.9. The predicted octanol–water partition coefficient (Wildman–Crippen LogP) is 3.36. The molecule has 9 nitrogen and oxygen atoms in total. The Morgan fingerprint density at radius 3 is 2.74 bits per heavy atom. The fourth-order valence-corrected chi connectivity index (χ4v) is 2.71. The van der Waals surface area contributed by atoms with Gasteiger partial charge in [-0.3, -0.25) is 0 Å². The topological polar surface area (TPSA) is 98.7 Å². The molecule has 0 fully saturated rings. The number of rotatable bonds is 11. The van der Waals surface area contributed by atoms with Crippen LogP contribution >= 0.6 is 0 Å². The molecule has 0 atom stereocenters. The number of aryl methyl sites for hydroxylation is 1. The van der Waals surface area contributed by atoms with Gasteiger partial charge in [-0.2, -0.15) is 0 Å². The third kappa shape index (κ3) is 7.78. The van der Waals surface area contributed by atoms with Gasteiger partial charge >= 0.3 is 0 Å². The molecule has 0 radical (unpaired) electrons. The largest absolute Gasteiger partial charge is 0.491 e. The lowest BCUT2D eigenvalue weighted by atomic mass is 10.3. The minimum Gasteiger partial charge on any atom is -0.491 e. The van der Waals surface area contributed by atoms with E-state index in [1.807, 2.05) is 61.9 Å². The van der Waals surface area contributed by atoms with E-state index < -0.39 is 0 Å². The van der Waals surface area contributed by atoms with Crippen molar-refractivity contribution in [3.8, 4) is 5.75 Å². The molecule has 31 heavy (non-hydrogen) atoms. The molecule has 0 bridgehead atoms. The number of anilines is 1. The van der Waals surface area contributed by atoms with Crippen LogP contribution in [0, 0.1) is 0 Å². The van der Waals surface area contributed by atoms with Crippen LogP contribution in [0.25, 0.3) is 0 Å². The number of hydrogen-bond donors (Lipinski definition) is 2. The number of guanidine groups is 1. The first-order valence-corrected chi connectivity index (χ1v) is 10.3. The highest BCUT2D eigenvalue weighted by atomic mass is 16.5. The van der Waals surface area contributed by atoms with Crippen LogP contribution < -0.4 is 15.4 Å². The average Bonchev–Trinajstić information content (AvgIpc) is 3.41. The summed E-state index contributed by atoms with van der Waals surface area (Å²) >= 11 is 0. The number of ether oxygens (including phenoxy) is 2. The van der Waals surface area contributed by atoms with Crippen molar-refractivity contribution in [3.63, 3.8) is 0 Å². The number of benzene rings is 1. The van der Waals surface area contributed by atoms with E-state index >= 15 is 0 Å². The minimum absolute atomic E-state index is 0.138. The lowest BCUT2D eigenvalue weighted by molar-refractivity contribution is 0.105. The standard InChI is InChI=1S/C22H30N6O3/c1-17(2)31-19-9-7-18(8-10-19)26-22(24-14-21-27-25-16-28(21)3)23-11-5-12-29-15-20-6-4-13-30-20/h4,6-10,13,16-17H,5,11-12,14-15H2,1-3H3,(H2,23,24,26). The fraction of sp³-hybridized carbons (Fsp3) is 0.409. The van der Waals surface area contributed by atoms with Crippen LogP contribution in [0.15, 0.2) is 58.4 Å². The molecule has 0 amide bonds. The Morgan fingerprint density at radius 2 is 2.06 bits per heavy atom. The van der Waals surface area contributed by atoms with E-state index in [2.05, 4.69) is 25.8 Å². The maximum atomic E-state index is 5.70. The lowest BCUT2D eigenvalue weighted by Gasteiger charge is -2.14. The van der Waals surface area contributed by atoms with Crippen molar-refractivity contribution in [2.24, 2.45) is 12.0 Å². The van der Waals surface area contributed by atoms with Crippen molar-refractivity contribution in [2.75, 3.05) is 18.5 Å². The molecule has 2 heterocycles. The Morgan fingerprint density at radius 1 is 1.23 bits per heavy atom. The molecule has 2 N–H and O–H groups in total. The first-order valence-electron chi connectivity index (χ1n) is 10.3. The normalized spacial score (nSPS) is 11.7. The SMILES string of the molecule is CC(C)Oc1ccc(NC(=NCc2nncn2C)NCCCOCc2ccco2)cc1. The highest BCUT2D eigenvalue weighted by molar-refractivity contribution is 5.93. The molecule has 0 saturated carbocycles. The second-order valence-corrected chi connectivity index (χ2v) is 7.25. The number of hydrogen-bond acceptors (Lipinski definition) is 6. The summed E-state index contributed by atoms with van der Waals surface area (Å²) in [4.78, 5) is 4.64. The van der Waals surface area contributed by atoms with E-state index in [0.29, 0.717) is 32.3 Å². The van der Waals surface area contributed by atoms with Crippen molar-refractivity contribution >= 4 is 11.6 Å². The quantitative estimate of drug-likeness (QED) is 0.276. The molecule has 3 aromatic rings. The van der Waals surface area contributed by atoms with Gasteiger partial charge in [-0.15, -0.1) is 10.2 Å². The van der Waals surface area contributed by atoms with Gasteiger partial charge in [0.2, 0.25) is 0 Å². The second-order valence-electron chi connectivity index (χ2n) is 7.25. The molecule has 0 aliphatic heterocycles. The number of aromatic nitrogens is 3. The van der Waals surface area contributed by atoms with Gasteiger partial charge < -0.3 is 29.1 Å². The predicted molar refractivity (Wildman–Crippen MR) is 119 cm³/mol. The van der Waals surface area contributed by atoms with Crippen molar-refractivity contribution in [3.05, 3.63) is 60.6 Å². The van der Waals surface area contributed by atoms with E-state index in [-0.39, 0.29) is 6.10 Å². The summed E-state index contributed by atoms with van der Waals surface area (Å²) in [5, 5.41) is 14.6. The molecule has 0 spiro atoms. The summed E-state index contributed by atoms with van der Waals surface area (Å²) in [5.74, 6) is 3.10. The first-order chi connectivity index (χ1) is 15.1. The van der Waals surface area contributed by atoms with Crippen LogP contribution in [0.4, 0.5) is 5.69 Å². The van der Waals surface area contributed by atoms with Crippen LogP contribution in [-0.2, 0) is 24.9 Å². The summed E-state index contributed by atoms with van der Waals surface area (Å²) < 4.78 is 18.4. The molecule has 0 unspecified atom stereocenters. The van der Waals surface area contributed by atoms with Gasteiger partial charge in [0.05, 0.1) is 12.4 Å². The van der Waals surface area contributed by atoms with Crippen LogP contribution in [0.3, 0.4) is 0 Å². The summed E-state index contributed by atoms with van der Waals surface area (Å²) in [6.07, 6.45) is 4.27. The van der Waals surface area contributed by atoms with Crippen LogP contribution in [0.5, 0.6) is 5.75 Å². The molecule has 3 rings (SSSR count). The van der Waals surface area contributed by atoms with Gasteiger partial charge in [0.25, 0.3) is 0 Å². The smallest absolute Gasteiger partial charge is 0.196 e. The molecule has 9 heteroatoms. The second kappa shape index (κ2) is 11.8. The fourth-order valence-electron chi connectivity index (χ4n) is 2.71. The number of nitrogens with one attached hydrogen (secondary N) is 2. The average molecular weight is 427 g/mol. The number of furan rings is 1. The molecule has 0 aliphatic rings. The van der Waals surface area contributed by atoms with Gasteiger partial charge in [-0.25, -0.2) is 4.99 Å². The Bertz CT molecular complexity index is 919.